The highest BCUT2D eigenvalue weighted by atomic mass is 19.1. The number of carboxylic acid groups (broad SMARTS) is 1. The quantitative estimate of drug-likeness (QED) is 0.155. The first-order chi connectivity index (χ1) is 37.5. The van der Waals surface area contributed by atoms with Crippen LogP contribution in [0.2, 0.25) is 0 Å². The van der Waals surface area contributed by atoms with E-state index in [0.717, 1.165) is 25.2 Å². The second-order valence-corrected chi connectivity index (χ2v) is 21.6. The molecule has 2 aromatic carbocycles. The number of aromatic carboxylic acids is 1. The maximum Gasteiger partial charge on any atom is 0.341 e. The summed E-state index contributed by atoms with van der Waals surface area (Å²) in [7, 11) is 2.78. The number of hydrogen-bond acceptors (Lipinski definition) is 18. The largest absolute Gasteiger partial charge is 0.507 e. The van der Waals surface area contributed by atoms with Crippen LogP contribution < -0.4 is 30.4 Å². The number of amides is 1. The molecule has 7 aliphatic rings. The molecular formula is C57H66FN5O16. The zero-order chi connectivity index (χ0) is 57.1. The number of nitrogens with one attached hydrogen (secondary N) is 2. The minimum absolute atomic E-state index is 0.0426. The molecule has 0 spiro atoms. The van der Waals surface area contributed by atoms with E-state index in [1.54, 1.807) is 34.3 Å². The molecule has 3 aromatic rings. The number of halogens is 1. The second-order valence-electron chi connectivity index (χ2n) is 21.6. The highest BCUT2D eigenvalue weighted by molar-refractivity contribution is 6.32. The number of fused-ring (bicyclic) bond motifs is 15. The third-order valence-electron chi connectivity index (χ3n) is 16.0. The average molecular weight is 1100 g/mol. The molecule has 1 aromatic heterocycles. The summed E-state index contributed by atoms with van der Waals surface area (Å²) in [6, 6.07) is 0.732. The van der Waals surface area contributed by atoms with Gasteiger partial charge in [0.2, 0.25) is 17.0 Å². The van der Waals surface area contributed by atoms with E-state index in [-0.39, 0.29) is 89.0 Å². The Labute approximate surface area is 454 Å². The zero-order valence-electron chi connectivity index (χ0n) is 45.2. The first kappa shape index (κ1) is 56.3. The minimum Gasteiger partial charge on any atom is -0.507 e. The summed E-state index contributed by atoms with van der Waals surface area (Å²) in [5.74, 6) is -10.1. The number of rotatable bonds is 9. The number of ketones is 3. The highest BCUT2D eigenvalue weighted by Crippen LogP contribution is 2.50. The van der Waals surface area contributed by atoms with E-state index in [2.05, 4.69) is 10.6 Å². The van der Waals surface area contributed by atoms with Gasteiger partial charge in [-0.2, -0.15) is 0 Å². The molecule has 6 heterocycles. The zero-order valence-corrected chi connectivity index (χ0v) is 45.2. The van der Waals surface area contributed by atoms with Crippen LogP contribution in [-0.4, -0.2) is 148 Å². The normalized spacial score (nSPS) is 27.9. The van der Waals surface area contributed by atoms with Crippen LogP contribution in [0.3, 0.4) is 0 Å². The van der Waals surface area contributed by atoms with Gasteiger partial charge in [-0.25, -0.2) is 9.18 Å². The number of methoxy groups -OCH3 is 2. The summed E-state index contributed by atoms with van der Waals surface area (Å²) >= 11 is 0. The maximum atomic E-state index is 16.1. The number of phenols is 1. The number of phenolic OH excluding ortho intramolecular Hbond substituents is 1. The van der Waals surface area contributed by atoms with Crippen LogP contribution in [0.4, 0.5) is 10.1 Å². The van der Waals surface area contributed by atoms with Crippen LogP contribution in [0.5, 0.6) is 17.2 Å². The Morgan fingerprint density at radius 1 is 0.924 bits per heavy atom. The molecule has 1 saturated carbocycles. The summed E-state index contributed by atoms with van der Waals surface area (Å²) in [5, 5.41) is 49.9. The smallest absolute Gasteiger partial charge is 0.341 e. The highest BCUT2D eigenvalue weighted by Gasteiger charge is 2.53. The topological polar surface area (TPSA) is 282 Å². The number of pyridine rings is 1. The molecule has 0 unspecified atom stereocenters. The molecule has 5 aliphatic heterocycles. The Hall–Kier alpha value is -7.40. The van der Waals surface area contributed by atoms with Crippen molar-refractivity contribution in [2.75, 3.05) is 45.3 Å². The molecule has 2 aliphatic carbocycles. The maximum absolute atomic E-state index is 16.1. The predicted octanol–water partition coefficient (Wildman–Crippen LogP) is 4.90. The number of aromatic nitrogens is 1. The Balaban J connectivity index is 1.00. The van der Waals surface area contributed by atoms with Gasteiger partial charge in [-0.05, 0) is 58.1 Å². The van der Waals surface area contributed by atoms with Gasteiger partial charge in [-0.1, -0.05) is 32.1 Å². The number of Topliss-reactive ketones (excluding diaryl/α,β-unsaturated/α-hetero) is 3. The molecule has 2 saturated heterocycles. The Bertz CT molecular complexity index is 3240. The van der Waals surface area contributed by atoms with Crippen molar-refractivity contribution in [3.8, 4) is 17.2 Å². The second kappa shape index (κ2) is 22.0. The lowest BCUT2D eigenvalue weighted by Crippen LogP contribution is -2.61. The van der Waals surface area contributed by atoms with Crippen LogP contribution in [0.25, 0.3) is 10.9 Å². The third-order valence-corrected chi connectivity index (χ3v) is 16.0. The number of carbonyl (C=O) groups is 6. The number of aliphatic hydroxyl groups excluding tert-OH is 2. The lowest BCUT2D eigenvalue weighted by atomic mass is 9.82. The van der Waals surface area contributed by atoms with E-state index in [1.165, 1.54) is 66.3 Å². The van der Waals surface area contributed by atoms with Gasteiger partial charge < -0.3 is 69.1 Å². The monoisotopic (exact) mass is 1100 g/mol. The first-order valence-corrected chi connectivity index (χ1v) is 26.5. The summed E-state index contributed by atoms with van der Waals surface area (Å²) < 4.78 is 47.0. The van der Waals surface area contributed by atoms with E-state index < -0.39 is 117 Å². The standard InChI is InChI=1S/C57H66FN5O16/c1-26-10-9-11-27(2)55(72)60-44-47(61-17-14-31(15-18-61)59-32-23-62(24-32)46-37(58)22-35-45(53(46)76-8)63(33-12-13-33)25-36(49(35)68)56(73)74)51(70)41-42(50(44)69)48(67)29(4)52-43(41)54(71)57(6,79-52)77-19-16-39(75-7)28(3)40(78-30(5)64)21-34(65)20-38(26)66/h9-11,16,19,22,25-26,28,31-34,38-40,59,65-67H,12-15,17-18,20-21,23-24H2,1-8H3,(H,60,72)(H,73,74)/b10-9+,19-16+,27-11-/t26-,28+,34+,38+,39-,40-,57-/m0/s1. The van der Waals surface area contributed by atoms with E-state index in [1.807, 2.05) is 0 Å². The number of likely N-dealkylation sites (tertiary alicyclic amines) is 1. The van der Waals surface area contributed by atoms with Gasteiger partial charge >= 0.3 is 17.7 Å². The molecule has 6 N–H and O–H groups in total. The number of allylic oxidation sites excluding steroid dienone is 4. The molecular weight excluding hydrogens is 1030 g/mol. The van der Waals surface area contributed by atoms with Crippen LogP contribution >= 0.6 is 0 Å². The molecule has 5 bridgehead atoms. The van der Waals surface area contributed by atoms with Crippen molar-refractivity contribution in [2.24, 2.45) is 11.8 Å². The number of hydrogen-bond donors (Lipinski definition) is 6. The molecule has 10 rings (SSSR count). The number of aromatic hydroxyl groups is 1. The summed E-state index contributed by atoms with van der Waals surface area (Å²) in [6.45, 7) is 9.92. The lowest BCUT2D eigenvalue weighted by molar-refractivity contribution is -0.153. The summed E-state index contributed by atoms with van der Waals surface area (Å²) in [4.78, 5) is 100.0. The van der Waals surface area contributed by atoms with Crippen molar-refractivity contribution < 1.29 is 77.3 Å². The minimum atomic E-state index is -2.15. The van der Waals surface area contributed by atoms with E-state index in [9.17, 15) is 49.2 Å². The predicted molar refractivity (Wildman–Crippen MR) is 283 cm³/mol. The fourth-order valence-electron chi connectivity index (χ4n) is 11.3. The molecule has 79 heavy (non-hydrogen) atoms. The SMILES string of the molecule is COc1c(N2CC(NC3CCN(C4=C5NC(=O)/C(C)=C\C=C\[C@H](C)[C@H](O)C[C@@H](O)C[C@H](OC(C)=O)[C@H](C)[C@@H](OC)/C=C/O[C@@]6(C)Oc7c(C)c(O)c(c(c7C6=O)C4=O)C5=O)CC3)C2)c(F)cc2c(=O)c(C(=O)O)cn(C3CC3)c12. The van der Waals surface area contributed by atoms with E-state index in [0.29, 0.717) is 31.4 Å². The van der Waals surface area contributed by atoms with Crippen molar-refractivity contribution >= 4 is 51.8 Å². The molecule has 0 radical (unpaired) electrons. The number of aliphatic hydroxyl groups is 2. The number of nitrogens with zero attached hydrogens (tertiary/aromatic N) is 3. The molecule has 21 nitrogen and oxygen atoms in total. The number of carboxylic acids is 1. The number of benzene rings is 2. The molecule has 1 amide bonds. The van der Waals surface area contributed by atoms with Gasteiger partial charge in [0.25, 0.3) is 11.7 Å². The number of ether oxygens (including phenoxy) is 5. The van der Waals surface area contributed by atoms with Gasteiger partial charge in [0.1, 0.15) is 40.2 Å². The molecule has 7 atom stereocenters. The fourth-order valence-corrected chi connectivity index (χ4v) is 11.3. The summed E-state index contributed by atoms with van der Waals surface area (Å²) in [5.41, 5.74) is -2.60. The number of esters is 1. The van der Waals surface area contributed by atoms with Crippen LogP contribution in [0.1, 0.15) is 126 Å². The summed E-state index contributed by atoms with van der Waals surface area (Å²) in [6.07, 6.45) is 6.80. The van der Waals surface area contributed by atoms with Crippen molar-refractivity contribution in [3.63, 3.8) is 0 Å². The third kappa shape index (κ3) is 10.5. The van der Waals surface area contributed by atoms with Gasteiger partial charge in [-0.15, -0.1) is 0 Å². The van der Waals surface area contributed by atoms with Crippen LogP contribution in [-0.2, 0) is 23.8 Å². The molecule has 22 heteroatoms. The van der Waals surface area contributed by atoms with Crippen LogP contribution in [0, 0.1) is 24.6 Å². The van der Waals surface area contributed by atoms with Crippen molar-refractivity contribution in [1.82, 2.24) is 20.1 Å². The van der Waals surface area contributed by atoms with Gasteiger partial charge in [0, 0.05) is 101 Å². The van der Waals surface area contributed by atoms with E-state index >= 15 is 9.18 Å². The fraction of sp³-hybridized carbons (Fsp3) is 0.491. The Kier molecular flexibility index (Phi) is 15.7. The van der Waals surface area contributed by atoms with Crippen molar-refractivity contribution in [1.29, 1.82) is 0 Å². The molecule has 422 valence electrons. The Morgan fingerprint density at radius 3 is 2.25 bits per heavy atom. The van der Waals surface area contributed by atoms with Gasteiger partial charge in [-0.3, -0.25) is 28.8 Å². The van der Waals surface area contributed by atoms with Crippen LogP contribution in [0.15, 0.2) is 64.6 Å². The molecule has 3 fully saturated rings. The van der Waals surface area contributed by atoms with E-state index in [4.69, 9.17) is 23.7 Å². The van der Waals surface area contributed by atoms with Gasteiger partial charge in [0.05, 0.1) is 59.3 Å². The number of anilines is 1. The number of piperidine rings is 1. The average Bonchev–Trinajstić information content (AvgIpc) is 4.36. The lowest BCUT2D eigenvalue weighted by Gasteiger charge is -2.45. The number of carbonyl (C=O) groups excluding carboxylic acids is 5. The van der Waals surface area contributed by atoms with Crippen molar-refractivity contribution in [2.45, 2.75) is 128 Å². The Morgan fingerprint density at radius 2 is 1.62 bits per heavy atom. The first-order valence-electron chi connectivity index (χ1n) is 26.5. The van der Waals surface area contributed by atoms with Gasteiger partial charge in [0.15, 0.2) is 11.6 Å². The van der Waals surface area contributed by atoms with Crippen molar-refractivity contribution in [3.05, 3.63) is 104 Å².